The third-order valence-corrected chi connectivity index (χ3v) is 4.84. The minimum atomic E-state index is -4.84. The number of rotatable bonds is 6. The summed E-state index contributed by atoms with van der Waals surface area (Å²) in [7, 11) is 1.15. The summed E-state index contributed by atoms with van der Waals surface area (Å²) in [5.74, 6) is -2.59. The van der Waals surface area contributed by atoms with Crippen LogP contribution >= 0.6 is 11.6 Å². The van der Waals surface area contributed by atoms with Gasteiger partial charge in [0.15, 0.2) is 11.5 Å². The van der Waals surface area contributed by atoms with Crippen LogP contribution in [0.3, 0.4) is 0 Å². The predicted molar refractivity (Wildman–Crippen MR) is 115 cm³/mol. The molecule has 1 aromatic carbocycles. The van der Waals surface area contributed by atoms with E-state index in [1.165, 1.54) is 30.5 Å². The third-order valence-electron chi connectivity index (χ3n) is 4.55. The topological polar surface area (TPSA) is 115 Å². The number of carbonyl (C=O) groups excluding carboxylic acids is 3. The molecule has 13 heteroatoms. The number of hydrogen-bond donors (Lipinski definition) is 2. The molecule has 0 aliphatic carbocycles. The van der Waals surface area contributed by atoms with Gasteiger partial charge in [-0.2, -0.15) is 18.3 Å². The number of alkyl halides is 3. The number of pyridine rings is 1. The lowest BCUT2D eigenvalue weighted by Crippen LogP contribution is -2.31. The lowest BCUT2D eigenvalue weighted by atomic mass is 10.1. The van der Waals surface area contributed by atoms with Gasteiger partial charge in [0.25, 0.3) is 11.8 Å². The standard InChI is InChI=1S/C21H17ClF3N5O4/c1-11-5-3-6-12(19(32)27-10-16(31)34-2)17(11)28-20(33)14-9-15(21(23,24)25)29-30(14)18-13(22)7-4-8-26-18/h3-9H,10H2,1-2H3,(H,27,32)(H,28,33). The maximum absolute atomic E-state index is 13.3. The molecule has 178 valence electrons. The summed E-state index contributed by atoms with van der Waals surface area (Å²) in [5.41, 5.74) is -1.40. The number of halogens is 4. The second-order valence-electron chi connectivity index (χ2n) is 6.84. The minimum absolute atomic E-state index is 0.0183. The Labute approximate surface area is 195 Å². The fraction of sp³-hybridized carbons (Fsp3) is 0.190. The van der Waals surface area contributed by atoms with Crippen LogP contribution in [0, 0.1) is 6.92 Å². The van der Waals surface area contributed by atoms with Gasteiger partial charge in [-0.05, 0) is 30.7 Å². The largest absolute Gasteiger partial charge is 0.468 e. The number of para-hydroxylation sites is 1. The van der Waals surface area contributed by atoms with Crippen LogP contribution < -0.4 is 10.6 Å². The van der Waals surface area contributed by atoms with Crippen molar-refractivity contribution in [1.29, 1.82) is 0 Å². The first-order chi connectivity index (χ1) is 16.0. The molecule has 9 nitrogen and oxygen atoms in total. The van der Waals surface area contributed by atoms with Gasteiger partial charge in [-0.3, -0.25) is 14.4 Å². The predicted octanol–water partition coefficient (Wildman–Crippen LogP) is 3.40. The molecule has 0 unspecified atom stereocenters. The fourth-order valence-corrected chi connectivity index (χ4v) is 3.10. The van der Waals surface area contributed by atoms with E-state index < -0.39 is 41.9 Å². The average Bonchev–Trinajstić information content (AvgIpc) is 3.25. The maximum Gasteiger partial charge on any atom is 0.435 e. The summed E-state index contributed by atoms with van der Waals surface area (Å²) in [6.07, 6.45) is -3.56. The summed E-state index contributed by atoms with van der Waals surface area (Å²) >= 11 is 6.06. The zero-order chi connectivity index (χ0) is 25.0. The Balaban J connectivity index is 2.01. The lowest BCUT2D eigenvalue weighted by molar-refractivity contribution is -0.141. The Bertz CT molecular complexity index is 1260. The Morgan fingerprint density at radius 1 is 1.15 bits per heavy atom. The first kappa shape index (κ1) is 24.7. The molecule has 3 rings (SSSR count). The van der Waals surface area contributed by atoms with Crippen molar-refractivity contribution in [3.05, 3.63) is 70.1 Å². The number of methoxy groups -OCH3 is 1. The smallest absolute Gasteiger partial charge is 0.435 e. The number of aryl methyl sites for hydroxylation is 1. The third kappa shape index (κ3) is 5.34. The molecule has 0 saturated heterocycles. The number of amides is 2. The van der Waals surface area contributed by atoms with Crippen molar-refractivity contribution in [2.45, 2.75) is 13.1 Å². The van der Waals surface area contributed by atoms with Gasteiger partial charge in [-0.25, -0.2) is 9.67 Å². The van der Waals surface area contributed by atoms with Gasteiger partial charge in [-0.1, -0.05) is 23.7 Å². The number of esters is 1. The van der Waals surface area contributed by atoms with Crippen LogP contribution in [0.5, 0.6) is 0 Å². The second kappa shape index (κ2) is 9.91. The zero-order valence-electron chi connectivity index (χ0n) is 17.7. The van der Waals surface area contributed by atoms with E-state index in [1.807, 2.05) is 0 Å². The van der Waals surface area contributed by atoms with Crippen LogP contribution in [0.4, 0.5) is 18.9 Å². The highest BCUT2D eigenvalue weighted by atomic mass is 35.5. The van der Waals surface area contributed by atoms with Crippen LogP contribution in [-0.4, -0.2) is 46.2 Å². The van der Waals surface area contributed by atoms with Crippen molar-refractivity contribution < 1.29 is 32.3 Å². The van der Waals surface area contributed by atoms with E-state index in [2.05, 4.69) is 25.5 Å². The molecule has 0 saturated carbocycles. The molecule has 0 bridgehead atoms. The van der Waals surface area contributed by atoms with Crippen molar-refractivity contribution in [3.8, 4) is 5.82 Å². The molecule has 34 heavy (non-hydrogen) atoms. The molecule has 2 N–H and O–H groups in total. The maximum atomic E-state index is 13.3. The van der Waals surface area contributed by atoms with Gasteiger partial charge in [0, 0.05) is 12.3 Å². The average molecular weight is 496 g/mol. The van der Waals surface area contributed by atoms with Crippen molar-refractivity contribution in [2.24, 2.45) is 0 Å². The molecule has 0 radical (unpaired) electrons. The Hall–Kier alpha value is -3.93. The number of carbonyl (C=O) groups is 3. The number of nitrogens with zero attached hydrogens (tertiary/aromatic N) is 3. The summed E-state index contributed by atoms with van der Waals surface area (Å²) in [4.78, 5) is 40.9. The molecule has 2 heterocycles. The summed E-state index contributed by atoms with van der Waals surface area (Å²) < 4.78 is 45.2. The summed E-state index contributed by atoms with van der Waals surface area (Å²) in [6.45, 7) is 1.16. The van der Waals surface area contributed by atoms with Crippen molar-refractivity contribution >= 4 is 35.1 Å². The first-order valence-electron chi connectivity index (χ1n) is 9.57. The molecule has 3 aromatic rings. The summed E-state index contributed by atoms with van der Waals surface area (Å²) in [5, 5.41) is 8.23. The van der Waals surface area contributed by atoms with Crippen LogP contribution in [0.15, 0.2) is 42.6 Å². The number of ether oxygens (including phenoxy) is 1. The van der Waals surface area contributed by atoms with Crippen molar-refractivity contribution in [1.82, 2.24) is 20.1 Å². The van der Waals surface area contributed by atoms with E-state index in [9.17, 15) is 27.6 Å². The van der Waals surface area contributed by atoms with Crippen LogP contribution in [0.2, 0.25) is 5.02 Å². The van der Waals surface area contributed by atoms with E-state index in [-0.39, 0.29) is 22.1 Å². The van der Waals surface area contributed by atoms with Crippen LogP contribution in [0.25, 0.3) is 5.82 Å². The Morgan fingerprint density at radius 3 is 2.53 bits per heavy atom. The highest BCUT2D eigenvalue weighted by Crippen LogP contribution is 2.31. The second-order valence-corrected chi connectivity index (χ2v) is 7.25. The van der Waals surface area contributed by atoms with Gasteiger partial charge in [0.05, 0.1) is 23.4 Å². The Kier molecular flexibility index (Phi) is 7.20. The van der Waals surface area contributed by atoms with Crippen LogP contribution in [-0.2, 0) is 15.7 Å². The van der Waals surface area contributed by atoms with Gasteiger partial charge in [0.1, 0.15) is 12.2 Å². The quantitative estimate of drug-likeness (QED) is 0.506. The van der Waals surface area contributed by atoms with Gasteiger partial charge in [-0.15, -0.1) is 0 Å². The van der Waals surface area contributed by atoms with Crippen molar-refractivity contribution in [2.75, 3.05) is 19.0 Å². The van der Waals surface area contributed by atoms with E-state index in [1.54, 1.807) is 13.0 Å². The van der Waals surface area contributed by atoms with E-state index >= 15 is 0 Å². The van der Waals surface area contributed by atoms with Gasteiger partial charge >= 0.3 is 12.1 Å². The SMILES string of the molecule is COC(=O)CNC(=O)c1cccc(C)c1NC(=O)c1cc(C(F)(F)F)nn1-c1ncccc1Cl. The highest BCUT2D eigenvalue weighted by molar-refractivity contribution is 6.32. The fourth-order valence-electron chi connectivity index (χ4n) is 2.90. The molecule has 2 aromatic heterocycles. The molecular weight excluding hydrogens is 479 g/mol. The highest BCUT2D eigenvalue weighted by Gasteiger charge is 2.36. The Morgan fingerprint density at radius 2 is 1.88 bits per heavy atom. The summed E-state index contributed by atoms with van der Waals surface area (Å²) in [6, 6.07) is 7.90. The van der Waals surface area contributed by atoms with E-state index in [0.29, 0.717) is 16.3 Å². The molecule has 0 aliphatic heterocycles. The number of aromatic nitrogens is 3. The minimum Gasteiger partial charge on any atom is -0.468 e. The molecule has 0 fully saturated rings. The number of benzene rings is 1. The van der Waals surface area contributed by atoms with Crippen LogP contribution in [0.1, 0.15) is 32.1 Å². The van der Waals surface area contributed by atoms with Gasteiger partial charge in [0.2, 0.25) is 0 Å². The molecule has 0 atom stereocenters. The zero-order valence-corrected chi connectivity index (χ0v) is 18.5. The molecular formula is C21H17ClF3N5O4. The lowest BCUT2D eigenvalue weighted by Gasteiger charge is -2.14. The molecule has 0 spiro atoms. The number of hydrogen-bond acceptors (Lipinski definition) is 6. The first-order valence-corrected chi connectivity index (χ1v) is 9.95. The monoisotopic (exact) mass is 495 g/mol. The normalized spacial score (nSPS) is 11.1. The van der Waals surface area contributed by atoms with Crippen molar-refractivity contribution in [3.63, 3.8) is 0 Å². The van der Waals surface area contributed by atoms with Gasteiger partial charge < -0.3 is 15.4 Å². The van der Waals surface area contributed by atoms with E-state index in [0.717, 1.165) is 7.11 Å². The molecule has 0 aliphatic rings. The van der Waals surface area contributed by atoms with E-state index in [4.69, 9.17) is 11.6 Å². The number of nitrogens with one attached hydrogen (secondary N) is 2. The molecule has 2 amide bonds. The number of anilines is 1.